The van der Waals surface area contributed by atoms with Crippen LogP contribution in [0.3, 0.4) is 0 Å². The minimum absolute atomic E-state index is 0.775. The van der Waals surface area contributed by atoms with Gasteiger partial charge in [0.05, 0.1) is 6.26 Å². The van der Waals surface area contributed by atoms with Crippen molar-refractivity contribution in [3.05, 3.63) is 36.6 Å². The second-order valence-corrected chi connectivity index (χ2v) is 1.79. The maximum absolute atomic E-state index is 5.03. The average molecular weight is 116 g/mol. The van der Waals surface area contributed by atoms with Crippen molar-refractivity contribution in [3.63, 3.8) is 0 Å². The van der Waals surface area contributed by atoms with E-state index in [0.29, 0.717) is 0 Å². The highest BCUT2D eigenvalue weighted by atomic mass is 16.3. The van der Waals surface area contributed by atoms with Gasteiger partial charge >= 0.3 is 0 Å². The fourth-order valence-electron chi connectivity index (χ4n) is 0.784. The average Bonchev–Trinajstić information content (AvgIpc) is 2.33. The molecule has 1 heterocycles. The van der Waals surface area contributed by atoms with Crippen molar-refractivity contribution in [2.75, 3.05) is 0 Å². The Labute approximate surface area is 52.9 Å². The SMILES string of the molecule is [c]1cc[c]c2occc12. The number of benzene rings is 1. The van der Waals surface area contributed by atoms with Crippen LogP contribution in [0, 0.1) is 12.1 Å². The van der Waals surface area contributed by atoms with Crippen LogP contribution in [0.15, 0.2) is 28.9 Å². The summed E-state index contributed by atoms with van der Waals surface area (Å²) in [5.41, 5.74) is 0.775. The molecule has 1 aromatic heterocycles. The number of furan rings is 1. The molecule has 9 heavy (non-hydrogen) atoms. The van der Waals surface area contributed by atoms with Gasteiger partial charge in [0, 0.05) is 11.5 Å². The van der Waals surface area contributed by atoms with Crippen LogP contribution in [-0.2, 0) is 0 Å². The van der Waals surface area contributed by atoms with Crippen molar-refractivity contribution in [2.45, 2.75) is 0 Å². The van der Waals surface area contributed by atoms with Gasteiger partial charge in [-0.25, -0.2) is 0 Å². The molecule has 1 nitrogen and oxygen atoms in total. The lowest BCUT2D eigenvalue weighted by Gasteiger charge is -1.79. The molecule has 1 heteroatoms. The zero-order valence-corrected chi connectivity index (χ0v) is 4.72. The Kier molecular flexibility index (Phi) is 0.833. The molecule has 0 bridgehead atoms. The summed E-state index contributed by atoms with van der Waals surface area (Å²) in [6.45, 7) is 0. The van der Waals surface area contributed by atoms with Crippen LogP contribution >= 0.6 is 0 Å². The Morgan fingerprint density at radius 1 is 1.22 bits per heavy atom. The summed E-state index contributed by atoms with van der Waals surface area (Å²) in [5.74, 6) is 0. The van der Waals surface area contributed by atoms with E-state index in [1.54, 1.807) is 12.3 Å². The third kappa shape index (κ3) is 0.617. The molecule has 1 aromatic carbocycles. The Morgan fingerprint density at radius 3 is 3.00 bits per heavy atom. The molecule has 0 spiro atoms. The fraction of sp³-hybridized carbons (Fsp3) is 0. The second-order valence-electron chi connectivity index (χ2n) is 1.79. The van der Waals surface area contributed by atoms with Gasteiger partial charge in [0.25, 0.3) is 0 Å². The molecule has 0 aliphatic rings. The predicted octanol–water partition coefficient (Wildman–Crippen LogP) is 2.03. The summed E-state index contributed by atoms with van der Waals surface area (Å²) in [4.78, 5) is 0. The van der Waals surface area contributed by atoms with Crippen LogP contribution in [0.25, 0.3) is 11.0 Å². The second kappa shape index (κ2) is 1.62. The van der Waals surface area contributed by atoms with Gasteiger partial charge in [-0.2, -0.15) is 0 Å². The van der Waals surface area contributed by atoms with E-state index in [-0.39, 0.29) is 0 Å². The molecule has 0 saturated carbocycles. The van der Waals surface area contributed by atoms with E-state index >= 15 is 0 Å². The lowest BCUT2D eigenvalue weighted by atomic mass is 10.3. The minimum atomic E-state index is 0.775. The van der Waals surface area contributed by atoms with Gasteiger partial charge in [0.1, 0.15) is 5.58 Å². The summed E-state index contributed by atoms with van der Waals surface area (Å²) in [6, 6.07) is 11.4. The zero-order chi connectivity index (χ0) is 6.10. The molecule has 0 atom stereocenters. The molecule has 2 rings (SSSR count). The standard InChI is InChI=1S/C8H4O/c1-2-4-8-7(3-1)5-6-9-8/h1-2,5-6H. The third-order valence-corrected chi connectivity index (χ3v) is 1.20. The van der Waals surface area contributed by atoms with Gasteiger partial charge < -0.3 is 4.42 Å². The summed E-state index contributed by atoms with van der Waals surface area (Å²) in [6.07, 6.45) is 1.64. The molecule has 0 amide bonds. The first-order valence-electron chi connectivity index (χ1n) is 2.72. The Balaban J connectivity index is 2.95. The topological polar surface area (TPSA) is 13.1 Å². The molecule has 0 saturated heterocycles. The van der Waals surface area contributed by atoms with Gasteiger partial charge in [-0.3, -0.25) is 0 Å². The van der Waals surface area contributed by atoms with Crippen LogP contribution in [-0.4, -0.2) is 0 Å². The van der Waals surface area contributed by atoms with Gasteiger partial charge in [-0.05, 0) is 18.2 Å². The molecule has 0 aliphatic carbocycles. The normalized spacial score (nSPS) is 10.2. The molecule has 0 aliphatic heterocycles. The lowest BCUT2D eigenvalue weighted by Crippen LogP contribution is -1.59. The van der Waals surface area contributed by atoms with Crippen LogP contribution < -0.4 is 0 Å². The minimum Gasteiger partial charge on any atom is -0.464 e. The van der Waals surface area contributed by atoms with Crippen molar-refractivity contribution in [3.8, 4) is 0 Å². The summed E-state index contributed by atoms with van der Waals surface area (Å²) in [5, 5.41) is 0.984. The number of hydrogen-bond donors (Lipinski definition) is 0. The fourth-order valence-corrected chi connectivity index (χ4v) is 0.784. The molecule has 42 valence electrons. The first-order chi connectivity index (χ1) is 4.47. The first-order valence-corrected chi connectivity index (χ1v) is 2.72. The Bertz CT molecular complexity index is 279. The van der Waals surface area contributed by atoms with Gasteiger partial charge in [0.2, 0.25) is 0 Å². The number of fused-ring (bicyclic) bond motifs is 1. The third-order valence-electron chi connectivity index (χ3n) is 1.20. The maximum Gasteiger partial charge on any atom is 0.142 e. The molecule has 0 fully saturated rings. The monoisotopic (exact) mass is 116 g/mol. The lowest BCUT2D eigenvalue weighted by molar-refractivity contribution is 0.615. The highest BCUT2D eigenvalue weighted by Crippen LogP contribution is 2.11. The molecular weight excluding hydrogens is 112 g/mol. The van der Waals surface area contributed by atoms with E-state index in [9.17, 15) is 0 Å². The van der Waals surface area contributed by atoms with E-state index in [0.717, 1.165) is 11.0 Å². The molecule has 0 unspecified atom stereocenters. The van der Waals surface area contributed by atoms with Gasteiger partial charge in [0.15, 0.2) is 0 Å². The van der Waals surface area contributed by atoms with E-state index in [1.807, 2.05) is 12.1 Å². The van der Waals surface area contributed by atoms with E-state index in [1.165, 1.54) is 0 Å². The van der Waals surface area contributed by atoms with Crippen molar-refractivity contribution in [1.82, 2.24) is 0 Å². The molecule has 2 radical (unpaired) electrons. The molecule has 2 aromatic rings. The van der Waals surface area contributed by atoms with Crippen molar-refractivity contribution in [1.29, 1.82) is 0 Å². The summed E-state index contributed by atoms with van der Waals surface area (Å²) in [7, 11) is 0. The number of rotatable bonds is 0. The predicted molar refractivity (Wildman–Crippen MR) is 33.9 cm³/mol. The summed E-state index contributed by atoms with van der Waals surface area (Å²) >= 11 is 0. The van der Waals surface area contributed by atoms with Crippen molar-refractivity contribution in [2.24, 2.45) is 0 Å². The molecular formula is C8H4O. The molecule has 0 N–H and O–H groups in total. The Hall–Kier alpha value is -1.24. The largest absolute Gasteiger partial charge is 0.464 e. The Morgan fingerprint density at radius 2 is 2.11 bits per heavy atom. The first kappa shape index (κ1) is 4.62. The summed E-state index contributed by atoms with van der Waals surface area (Å²) < 4.78 is 5.03. The highest BCUT2D eigenvalue weighted by molar-refractivity contribution is 5.75. The highest BCUT2D eigenvalue weighted by Gasteiger charge is 1.90. The van der Waals surface area contributed by atoms with E-state index < -0.39 is 0 Å². The van der Waals surface area contributed by atoms with Crippen LogP contribution in [0.5, 0.6) is 0 Å². The van der Waals surface area contributed by atoms with Crippen molar-refractivity contribution < 1.29 is 4.42 Å². The van der Waals surface area contributed by atoms with E-state index in [4.69, 9.17) is 4.42 Å². The van der Waals surface area contributed by atoms with E-state index in [2.05, 4.69) is 12.1 Å². The van der Waals surface area contributed by atoms with Gasteiger partial charge in [-0.15, -0.1) is 0 Å². The smallest absolute Gasteiger partial charge is 0.142 e. The van der Waals surface area contributed by atoms with Crippen LogP contribution in [0.4, 0.5) is 0 Å². The quantitative estimate of drug-likeness (QED) is 0.513. The van der Waals surface area contributed by atoms with Crippen LogP contribution in [0.1, 0.15) is 0 Å². The van der Waals surface area contributed by atoms with Crippen LogP contribution in [0.2, 0.25) is 0 Å². The van der Waals surface area contributed by atoms with Gasteiger partial charge in [-0.1, -0.05) is 6.07 Å². The number of hydrogen-bond acceptors (Lipinski definition) is 1. The van der Waals surface area contributed by atoms with Crippen molar-refractivity contribution >= 4 is 11.0 Å². The zero-order valence-electron chi connectivity index (χ0n) is 4.72. The maximum atomic E-state index is 5.03.